The summed E-state index contributed by atoms with van der Waals surface area (Å²) < 4.78 is 0. The number of Topliss-reactive ketones (excluding diaryl/α,β-unsaturated/α-hetero) is 1. The highest BCUT2D eigenvalue weighted by atomic mass is 16.1. The average Bonchev–Trinajstić information content (AvgIpc) is 1.82. The average molecular weight is 140 g/mol. The van der Waals surface area contributed by atoms with Crippen LogP contribution in [0.5, 0.6) is 0 Å². The molecule has 0 bridgehead atoms. The van der Waals surface area contributed by atoms with Crippen LogP contribution in [0.25, 0.3) is 0 Å². The smallest absolute Gasteiger partial charge is 0.138 e. The maximum Gasteiger partial charge on any atom is 0.138 e. The molecular weight excluding hydrogens is 124 g/mol. The third kappa shape index (κ3) is 1.39. The van der Waals surface area contributed by atoms with Crippen molar-refractivity contribution in [1.29, 1.82) is 0 Å². The quantitative estimate of drug-likeness (QED) is 0.588. The van der Waals surface area contributed by atoms with Crippen LogP contribution in [-0.4, -0.2) is 5.78 Å². The van der Waals surface area contributed by atoms with Crippen molar-refractivity contribution in [2.24, 2.45) is 11.8 Å². The zero-order valence-corrected chi connectivity index (χ0v) is 6.89. The molecule has 0 aromatic rings. The Morgan fingerprint density at radius 1 is 1.60 bits per heavy atom. The maximum atomic E-state index is 11.4. The third-order valence-electron chi connectivity index (χ3n) is 2.61. The van der Waals surface area contributed by atoms with Crippen molar-refractivity contribution in [3.8, 4) is 0 Å². The molecule has 0 aromatic heterocycles. The minimum atomic E-state index is 0.310. The van der Waals surface area contributed by atoms with E-state index in [1.54, 1.807) is 0 Å². The first kappa shape index (κ1) is 7.77. The highest BCUT2D eigenvalue weighted by Gasteiger charge is 2.27. The van der Waals surface area contributed by atoms with Gasteiger partial charge in [0.15, 0.2) is 0 Å². The van der Waals surface area contributed by atoms with Crippen LogP contribution in [0.3, 0.4) is 0 Å². The van der Waals surface area contributed by atoms with E-state index in [1.165, 1.54) is 6.42 Å². The number of ketones is 1. The zero-order chi connectivity index (χ0) is 7.56. The van der Waals surface area contributed by atoms with Crippen molar-refractivity contribution in [2.45, 2.75) is 39.5 Å². The van der Waals surface area contributed by atoms with Gasteiger partial charge in [-0.05, 0) is 19.3 Å². The van der Waals surface area contributed by atoms with Gasteiger partial charge in [0.05, 0.1) is 0 Å². The first-order valence-corrected chi connectivity index (χ1v) is 4.29. The summed E-state index contributed by atoms with van der Waals surface area (Å²) >= 11 is 0. The molecule has 10 heavy (non-hydrogen) atoms. The third-order valence-corrected chi connectivity index (χ3v) is 2.61. The van der Waals surface area contributed by atoms with Crippen LogP contribution < -0.4 is 0 Å². The number of carbonyl (C=O) groups is 1. The van der Waals surface area contributed by atoms with E-state index < -0.39 is 0 Å². The van der Waals surface area contributed by atoms with Gasteiger partial charge < -0.3 is 0 Å². The lowest BCUT2D eigenvalue weighted by Gasteiger charge is -2.26. The molecule has 1 saturated carbocycles. The van der Waals surface area contributed by atoms with Gasteiger partial charge in [-0.2, -0.15) is 0 Å². The highest BCUT2D eigenvalue weighted by Crippen LogP contribution is 2.30. The molecule has 0 radical (unpaired) electrons. The zero-order valence-electron chi connectivity index (χ0n) is 6.89. The number of rotatable bonds is 3. The summed E-state index contributed by atoms with van der Waals surface area (Å²) in [6.07, 6.45) is 4.59. The van der Waals surface area contributed by atoms with E-state index in [9.17, 15) is 4.79 Å². The molecule has 0 heterocycles. The van der Waals surface area contributed by atoms with Gasteiger partial charge in [0.1, 0.15) is 5.78 Å². The molecule has 1 heteroatoms. The van der Waals surface area contributed by atoms with Gasteiger partial charge in [0.2, 0.25) is 0 Å². The van der Waals surface area contributed by atoms with E-state index in [0.717, 1.165) is 19.3 Å². The monoisotopic (exact) mass is 140 g/mol. The first-order valence-electron chi connectivity index (χ1n) is 4.29. The summed E-state index contributed by atoms with van der Waals surface area (Å²) in [6.45, 7) is 4.13. The van der Waals surface area contributed by atoms with Gasteiger partial charge in [-0.15, -0.1) is 0 Å². The Bertz CT molecular complexity index is 118. The number of carbonyl (C=O) groups excluding carboxylic acids is 1. The fourth-order valence-corrected chi connectivity index (χ4v) is 1.30. The Hall–Kier alpha value is -0.330. The summed E-state index contributed by atoms with van der Waals surface area (Å²) in [5.74, 6) is 1.26. The summed E-state index contributed by atoms with van der Waals surface area (Å²) in [7, 11) is 0. The molecule has 0 N–H and O–H groups in total. The second-order valence-corrected chi connectivity index (χ2v) is 3.34. The molecular formula is C9H16O. The molecule has 1 fully saturated rings. The van der Waals surface area contributed by atoms with E-state index in [1.807, 2.05) is 6.92 Å². The Balaban J connectivity index is 2.32. The Kier molecular flexibility index (Phi) is 2.47. The van der Waals surface area contributed by atoms with Crippen LogP contribution in [-0.2, 0) is 4.79 Å². The molecule has 0 saturated heterocycles. The van der Waals surface area contributed by atoms with Gasteiger partial charge in [-0.1, -0.05) is 20.3 Å². The van der Waals surface area contributed by atoms with E-state index in [-0.39, 0.29) is 0 Å². The molecule has 0 spiro atoms. The van der Waals surface area contributed by atoms with Crippen molar-refractivity contribution >= 4 is 5.78 Å². The second-order valence-electron chi connectivity index (χ2n) is 3.34. The van der Waals surface area contributed by atoms with E-state index >= 15 is 0 Å². The molecule has 1 rings (SSSR count). The van der Waals surface area contributed by atoms with Crippen LogP contribution in [0.1, 0.15) is 39.5 Å². The number of hydrogen-bond donors (Lipinski definition) is 0. The maximum absolute atomic E-state index is 11.4. The predicted octanol–water partition coefficient (Wildman–Crippen LogP) is 2.40. The first-order chi connectivity index (χ1) is 4.75. The Labute approximate surface area is 62.8 Å². The fourth-order valence-electron chi connectivity index (χ4n) is 1.30. The van der Waals surface area contributed by atoms with Crippen molar-refractivity contribution in [2.75, 3.05) is 0 Å². The second kappa shape index (κ2) is 3.18. The largest absolute Gasteiger partial charge is 0.299 e. The van der Waals surface area contributed by atoms with Crippen molar-refractivity contribution in [3.63, 3.8) is 0 Å². The van der Waals surface area contributed by atoms with Crippen molar-refractivity contribution < 1.29 is 4.79 Å². The summed E-state index contributed by atoms with van der Waals surface area (Å²) in [5, 5.41) is 0. The highest BCUT2D eigenvalue weighted by molar-refractivity contribution is 5.83. The van der Waals surface area contributed by atoms with Gasteiger partial charge >= 0.3 is 0 Å². The molecule has 1 aliphatic carbocycles. The number of hydrogen-bond acceptors (Lipinski definition) is 1. The lowest BCUT2D eigenvalue weighted by molar-refractivity contribution is -0.128. The van der Waals surface area contributed by atoms with E-state index in [2.05, 4.69) is 6.92 Å². The van der Waals surface area contributed by atoms with Gasteiger partial charge in [0, 0.05) is 11.8 Å². The van der Waals surface area contributed by atoms with E-state index in [0.29, 0.717) is 17.6 Å². The fraction of sp³-hybridized carbons (Fsp3) is 0.889. The lowest BCUT2D eigenvalue weighted by atomic mass is 9.78. The molecule has 58 valence electrons. The van der Waals surface area contributed by atoms with Crippen LogP contribution >= 0.6 is 0 Å². The Morgan fingerprint density at radius 2 is 2.20 bits per heavy atom. The lowest BCUT2D eigenvalue weighted by Crippen LogP contribution is -2.26. The van der Waals surface area contributed by atoms with Crippen LogP contribution in [0.4, 0.5) is 0 Å². The summed E-state index contributed by atoms with van der Waals surface area (Å²) in [6, 6.07) is 0. The van der Waals surface area contributed by atoms with Gasteiger partial charge in [-0.25, -0.2) is 0 Å². The molecule has 0 unspecified atom stereocenters. The standard InChI is InChI=1S/C9H16O/c1-3-7(2)9(10)8-5-4-6-8/h7-8H,3-6H2,1-2H3/t7-/m0/s1. The van der Waals surface area contributed by atoms with Crippen LogP contribution in [0.15, 0.2) is 0 Å². The van der Waals surface area contributed by atoms with Gasteiger partial charge in [0.25, 0.3) is 0 Å². The topological polar surface area (TPSA) is 17.1 Å². The normalized spacial score (nSPS) is 21.8. The minimum Gasteiger partial charge on any atom is -0.299 e. The minimum absolute atomic E-state index is 0.310. The SMILES string of the molecule is CC[C@H](C)C(=O)C1CCC1. The van der Waals surface area contributed by atoms with Crippen LogP contribution in [0, 0.1) is 11.8 Å². The summed E-state index contributed by atoms with van der Waals surface area (Å²) in [5.41, 5.74) is 0. The Morgan fingerprint density at radius 3 is 2.50 bits per heavy atom. The van der Waals surface area contributed by atoms with Crippen molar-refractivity contribution in [3.05, 3.63) is 0 Å². The molecule has 0 aliphatic heterocycles. The van der Waals surface area contributed by atoms with Crippen LogP contribution in [0.2, 0.25) is 0 Å². The predicted molar refractivity (Wildman–Crippen MR) is 41.8 cm³/mol. The molecule has 1 atom stereocenters. The van der Waals surface area contributed by atoms with E-state index in [4.69, 9.17) is 0 Å². The molecule has 0 amide bonds. The van der Waals surface area contributed by atoms with Crippen molar-refractivity contribution in [1.82, 2.24) is 0 Å². The van der Waals surface area contributed by atoms with Gasteiger partial charge in [-0.3, -0.25) is 4.79 Å². The molecule has 0 aromatic carbocycles. The molecule has 1 aliphatic rings. The molecule has 1 nitrogen and oxygen atoms in total. The summed E-state index contributed by atoms with van der Waals surface area (Å²) in [4.78, 5) is 11.4.